The van der Waals surface area contributed by atoms with Gasteiger partial charge in [-0.05, 0) is 55.5 Å². The Morgan fingerprint density at radius 3 is 2.54 bits per heavy atom. The van der Waals surface area contributed by atoms with Gasteiger partial charge in [-0.2, -0.15) is 0 Å². The van der Waals surface area contributed by atoms with Crippen molar-refractivity contribution in [3.63, 3.8) is 0 Å². The molecule has 6 heteroatoms. The molecule has 1 fully saturated rings. The summed E-state index contributed by atoms with van der Waals surface area (Å²) in [5.74, 6) is 0.803. The molecule has 0 aliphatic heterocycles. The van der Waals surface area contributed by atoms with Crippen LogP contribution in [-0.2, 0) is 16.4 Å². The lowest BCUT2D eigenvalue weighted by Crippen LogP contribution is -2.25. The minimum Gasteiger partial charge on any atom is -0.493 e. The molecule has 3 rings (SSSR count). The smallest absolute Gasteiger partial charge is 0.235 e. The van der Waals surface area contributed by atoms with Crippen molar-refractivity contribution in [2.24, 2.45) is 0 Å². The van der Waals surface area contributed by atoms with Gasteiger partial charge in [0.25, 0.3) is 0 Å². The van der Waals surface area contributed by atoms with Gasteiger partial charge in [0.05, 0.1) is 18.0 Å². The van der Waals surface area contributed by atoms with Crippen LogP contribution in [0.5, 0.6) is 5.75 Å². The van der Waals surface area contributed by atoms with Crippen molar-refractivity contribution < 1.29 is 18.3 Å². The summed E-state index contributed by atoms with van der Waals surface area (Å²) in [6.45, 7) is 0.465. The molecule has 28 heavy (non-hydrogen) atoms. The molecular formula is C22H29NO4S. The van der Waals surface area contributed by atoms with Crippen LogP contribution >= 0.6 is 0 Å². The monoisotopic (exact) mass is 403 g/mol. The van der Waals surface area contributed by atoms with E-state index in [1.165, 1.54) is 0 Å². The number of ether oxygens (including phenoxy) is 1. The van der Waals surface area contributed by atoms with E-state index >= 15 is 0 Å². The fraction of sp³-hybridized carbons (Fsp3) is 0.455. The largest absolute Gasteiger partial charge is 0.493 e. The molecule has 0 heterocycles. The molecule has 2 aromatic rings. The molecule has 0 aromatic heterocycles. The van der Waals surface area contributed by atoms with Crippen molar-refractivity contribution in [3.05, 3.63) is 60.2 Å². The van der Waals surface area contributed by atoms with E-state index in [-0.39, 0.29) is 5.25 Å². The van der Waals surface area contributed by atoms with Crippen molar-refractivity contribution in [1.29, 1.82) is 0 Å². The van der Waals surface area contributed by atoms with Gasteiger partial charge in [0, 0.05) is 12.1 Å². The molecule has 0 saturated heterocycles. The fourth-order valence-electron chi connectivity index (χ4n) is 3.54. The number of anilines is 1. The van der Waals surface area contributed by atoms with E-state index in [1.807, 2.05) is 48.5 Å². The van der Waals surface area contributed by atoms with Crippen molar-refractivity contribution >= 4 is 15.7 Å². The molecule has 0 radical (unpaired) electrons. The number of aryl methyl sites for hydroxylation is 1. The van der Waals surface area contributed by atoms with E-state index in [1.54, 1.807) is 6.07 Å². The Balaban J connectivity index is 1.45. The van der Waals surface area contributed by atoms with Gasteiger partial charge < -0.3 is 9.84 Å². The number of benzene rings is 2. The Morgan fingerprint density at radius 2 is 1.79 bits per heavy atom. The number of aliphatic hydroxyl groups excluding tert-OH is 1. The summed E-state index contributed by atoms with van der Waals surface area (Å²) < 4.78 is 33.2. The quantitative estimate of drug-likeness (QED) is 0.625. The number of hydrogen-bond donors (Lipinski definition) is 2. The van der Waals surface area contributed by atoms with E-state index in [0.29, 0.717) is 31.6 Å². The molecule has 5 nitrogen and oxygen atoms in total. The number of para-hydroxylation sites is 1. The van der Waals surface area contributed by atoms with Crippen molar-refractivity contribution in [2.45, 2.75) is 56.3 Å². The molecule has 0 spiro atoms. The van der Waals surface area contributed by atoms with Crippen LogP contribution in [0.1, 0.15) is 44.1 Å². The van der Waals surface area contributed by atoms with Gasteiger partial charge in [0.15, 0.2) is 0 Å². The first-order valence-electron chi connectivity index (χ1n) is 9.99. The second-order valence-electron chi connectivity index (χ2n) is 7.40. The van der Waals surface area contributed by atoms with Crippen molar-refractivity contribution in [1.82, 2.24) is 0 Å². The first-order chi connectivity index (χ1) is 13.5. The second kappa shape index (κ2) is 9.94. The zero-order valence-electron chi connectivity index (χ0n) is 16.1. The zero-order chi connectivity index (χ0) is 19.8. The average Bonchev–Trinajstić information content (AvgIpc) is 3.23. The van der Waals surface area contributed by atoms with Crippen LogP contribution in [0, 0.1) is 0 Å². The van der Waals surface area contributed by atoms with E-state index in [2.05, 4.69) is 4.72 Å². The minimum absolute atomic E-state index is 0.275. The first kappa shape index (κ1) is 20.7. The summed E-state index contributed by atoms with van der Waals surface area (Å²) in [5, 5.41) is 9.92. The maximum atomic E-state index is 12.4. The molecule has 0 unspecified atom stereocenters. The Kier molecular flexibility index (Phi) is 7.34. The summed E-state index contributed by atoms with van der Waals surface area (Å²) in [6, 6.07) is 17.0. The number of rotatable bonds is 10. The molecule has 152 valence electrons. The SMILES string of the molecule is O=S(=O)(Nc1cccc(CC[C@H](O)CCOc2ccccc2)c1)C1CCCC1. The standard InChI is InChI=1S/C22H29NO4S/c24-20(15-16-27-21-9-2-1-3-10-21)14-13-18-7-6-8-19(17-18)23-28(25,26)22-11-4-5-12-22/h1-3,6-10,17,20,22-24H,4-5,11-16H2/t20-/m0/s1. The molecule has 2 aromatic carbocycles. The van der Waals surface area contributed by atoms with Crippen molar-refractivity contribution in [2.75, 3.05) is 11.3 Å². The summed E-state index contributed by atoms with van der Waals surface area (Å²) in [5.41, 5.74) is 1.61. The predicted octanol–water partition coefficient (Wildman–Crippen LogP) is 4.13. The maximum absolute atomic E-state index is 12.4. The molecule has 1 aliphatic rings. The molecule has 1 atom stereocenters. The highest BCUT2D eigenvalue weighted by Gasteiger charge is 2.28. The normalized spacial score (nSPS) is 16.0. The highest BCUT2D eigenvalue weighted by molar-refractivity contribution is 7.93. The van der Waals surface area contributed by atoms with Gasteiger partial charge in [-0.3, -0.25) is 4.72 Å². The Morgan fingerprint density at radius 1 is 1.04 bits per heavy atom. The summed E-state index contributed by atoms with van der Waals surface area (Å²) >= 11 is 0. The third-order valence-corrected chi connectivity index (χ3v) is 7.03. The maximum Gasteiger partial charge on any atom is 0.235 e. The fourth-order valence-corrected chi connectivity index (χ4v) is 5.12. The van der Waals surface area contributed by atoms with E-state index in [4.69, 9.17) is 4.74 Å². The lowest BCUT2D eigenvalue weighted by molar-refractivity contribution is 0.131. The highest BCUT2D eigenvalue weighted by atomic mass is 32.2. The number of hydrogen-bond acceptors (Lipinski definition) is 4. The van der Waals surface area contributed by atoms with Crippen LogP contribution in [0.25, 0.3) is 0 Å². The lowest BCUT2D eigenvalue weighted by atomic mass is 10.0. The lowest BCUT2D eigenvalue weighted by Gasteiger charge is -2.15. The van der Waals surface area contributed by atoms with Gasteiger partial charge >= 0.3 is 0 Å². The second-order valence-corrected chi connectivity index (χ2v) is 9.36. The third-order valence-electron chi connectivity index (χ3n) is 5.16. The van der Waals surface area contributed by atoms with Crippen LogP contribution in [0.2, 0.25) is 0 Å². The van der Waals surface area contributed by atoms with Crippen molar-refractivity contribution in [3.8, 4) is 5.75 Å². The molecule has 0 bridgehead atoms. The van der Waals surface area contributed by atoms with Gasteiger partial charge in [-0.1, -0.05) is 43.2 Å². The molecule has 1 saturated carbocycles. The Bertz CT molecular complexity index is 833. The predicted molar refractivity (Wildman–Crippen MR) is 112 cm³/mol. The third kappa shape index (κ3) is 6.24. The summed E-state index contributed by atoms with van der Waals surface area (Å²) in [4.78, 5) is 0. The summed E-state index contributed by atoms with van der Waals surface area (Å²) in [6.07, 6.45) is 4.85. The van der Waals surface area contributed by atoms with Gasteiger partial charge in [-0.15, -0.1) is 0 Å². The van der Waals surface area contributed by atoms with E-state index in [0.717, 1.165) is 37.0 Å². The Hall–Kier alpha value is -2.05. The number of nitrogens with one attached hydrogen (secondary N) is 1. The minimum atomic E-state index is -3.32. The first-order valence-corrected chi connectivity index (χ1v) is 11.5. The molecule has 0 amide bonds. The van der Waals surface area contributed by atoms with Crippen LogP contribution < -0.4 is 9.46 Å². The van der Waals surface area contributed by atoms with Crippen LogP contribution in [0.15, 0.2) is 54.6 Å². The zero-order valence-corrected chi connectivity index (χ0v) is 16.9. The summed E-state index contributed by atoms with van der Waals surface area (Å²) in [7, 11) is -3.32. The van der Waals surface area contributed by atoms with Gasteiger partial charge in [0.2, 0.25) is 10.0 Å². The van der Waals surface area contributed by atoms with Gasteiger partial charge in [-0.25, -0.2) is 8.42 Å². The van der Waals surface area contributed by atoms with Gasteiger partial charge in [0.1, 0.15) is 5.75 Å². The van der Waals surface area contributed by atoms with Crippen LogP contribution in [0.3, 0.4) is 0 Å². The molecular weight excluding hydrogens is 374 g/mol. The van der Waals surface area contributed by atoms with E-state index in [9.17, 15) is 13.5 Å². The number of aliphatic hydroxyl groups is 1. The topological polar surface area (TPSA) is 75.6 Å². The van der Waals surface area contributed by atoms with Crippen LogP contribution in [-0.4, -0.2) is 31.5 Å². The molecule has 2 N–H and O–H groups in total. The highest BCUT2D eigenvalue weighted by Crippen LogP contribution is 2.26. The molecule has 1 aliphatic carbocycles. The number of sulfonamides is 1. The average molecular weight is 404 g/mol. The Labute approximate surface area is 167 Å². The van der Waals surface area contributed by atoms with E-state index < -0.39 is 16.1 Å². The van der Waals surface area contributed by atoms with Crippen LogP contribution in [0.4, 0.5) is 5.69 Å².